The van der Waals surface area contributed by atoms with Crippen LogP contribution in [0.5, 0.6) is 0 Å². The third-order valence-corrected chi connectivity index (χ3v) is 0.696. The molecule has 0 aromatic carbocycles. The first-order valence-corrected chi connectivity index (χ1v) is 3.06. The normalized spacial score (nSPS) is 8.42. The first-order chi connectivity index (χ1) is 5.57. The van der Waals surface area contributed by atoms with Gasteiger partial charge in [-0.1, -0.05) is 0 Å². The van der Waals surface area contributed by atoms with Crippen LogP contribution in [0.1, 0.15) is 6.92 Å². The molecular weight excluding hydrogens is 166 g/mol. The van der Waals surface area contributed by atoms with Gasteiger partial charge in [-0.25, -0.2) is 9.59 Å². The van der Waals surface area contributed by atoms with Crippen molar-refractivity contribution < 1.29 is 19.2 Å². The zero-order chi connectivity index (χ0) is 9.56. The van der Waals surface area contributed by atoms with E-state index in [2.05, 4.69) is 9.57 Å². The molecule has 0 radical (unpaired) electrons. The van der Waals surface area contributed by atoms with E-state index >= 15 is 0 Å². The smallest absolute Gasteiger partial charge is 0.441 e. The number of ether oxygens (including phenoxy) is 1. The van der Waals surface area contributed by atoms with Gasteiger partial charge in [-0.3, -0.25) is 5.41 Å². The first-order valence-electron chi connectivity index (χ1n) is 3.06. The maximum atomic E-state index is 10.5. The van der Waals surface area contributed by atoms with Crippen molar-refractivity contribution in [1.82, 2.24) is 5.48 Å². The van der Waals surface area contributed by atoms with Crippen LogP contribution >= 0.6 is 0 Å². The summed E-state index contributed by atoms with van der Waals surface area (Å²) in [5.41, 5.74) is 6.45. The highest BCUT2D eigenvalue weighted by Crippen LogP contribution is 1.80. The predicted octanol–water partition coefficient (Wildman–Crippen LogP) is -1.51. The minimum absolute atomic E-state index is 0.0774. The Morgan fingerprint density at radius 3 is 2.50 bits per heavy atom. The summed E-state index contributed by atoms with van der Waals surface area (Å²) < 4.78 is 4.27. The van der Waals surface area contributed by atoms with Gasteiger partial charge in [-0.05, 0) is 6.92 Å². The van der Waals surface area contributed by atoms with Crippen LogP contribution in [0.25, 0.3) is 0 Å². The van der Waals surface area contributed by atoms with Gasteiger partial charge in [0, 0.05) is 0 Å². The number of guanidine groups is 1. The number of rotatable bonds is 1. The number of esters is 1. The van der Waals surface area contributed by atoms with Gasteiger partial charge < -0.3 is 15.3 Å². The second-order valence-corrected chi connectivity index (χ2v) is 1.63. The Bertz CT molecular complexity index is 203. The van der Waals surface area contributed by atoms with Crippen molar-refractivity contribution in [3.8, 4) is 0 Å². The highest BCUT2D eigenvalue weighted by Gasteiger charge is 2.16. The molecule has 0 rings (SSSR count). The van der Waals surface area contributed by atoms with Crippen LogP contribution in [0.15, 0.2) is 0 Å². The number of hydroxylamine groups is 1. The van der Waals surface area contributed by atoms with Crippen LogP contribution in [0.3, 0.4) is 0 Å². The Kier molecular flexibility index (Phi) is 4.20. The Morgan fingerprint density at radius 1 is 1.50 bits per heavy atom. The average molecular weight is 175 g/mol. The predicted molar refractivity (Wildman–Crippen MR) is 37.8 cm³/mol. The number of hydrogen-bond donors (Lipinski definition) is 3. The monoisotopic (exact) mass is 175 g/mol. The third kappa shape index (κ3) is 4.09. The summed E-state index contributed by atoms with van der Waals surface area (Å²) in [6.07, 6.45) is 0. The number of nitrogens with one attached hydrogen (secondary N) is 2. The van der Waals surface area contributed by atoms with E-state index in [1.807, 2.05) is 0 Å². The summed E-state index contributed by atoms with van der Waals surface area (Å²) >= 11 is 0. The quantitative estimate of drug-likeness (QED) is 0.147. The summed E-state index contributed by atoms with van der Waals surface area (Å²) in [7, 11) is 0. The van der Waals surface area contributed by atoms with Gasteiger partial charge in [0.05, 0.1) is 6.61 Å². The van der Waals surface area contributed by atoms with Gasteiger partial charge in [0.2, 0.25) is 5.96 Å². The summed E-state index contributed by atoms with van der Waals surface area (Å²) in [6, 6.07) is 0. The van der Waals surface area contributed by atoms with Gasteiger partial charge in [0.1, 0.15) is 0 Å². The summed E-state index contributed by atoms with van der Waals surface area (Å²) in [6.45, 7) is 1.62. The molecule has 0 fully saturated rings. The first kappa shape index (κ1) is 10.2. The molecule has 0 heterocycles. The summed E-state index contributed by atoms with van der Waals surface area (Å²) in [5, 5.41) is 6.57. The maximum absolute atomic E-state index is 10.5. The van der Waals surface area contributed by atoms with Crippen LogP contribution in [-0.4, -0.2) is 24.5 Å². The molecule has 0 spiro atoms. The minimum Gasteiger partial charge on any atom is -0.458 e. The lowest BCUT2D eigenvalue weighted by molar-refractivity contribution is -0.170. The molecule has 7 nitrogen and oxygen atoms in total. The molecule has 12 heavy (non-hydrogen) atoms. The van der Waals surface area contributed by atoms with Gasteiger partial charge in [0.25, 0.3) is 0 Å². The summed E-state index contributed by atoms with van der Waals surface area (Å²) in [5.74, 6) is -2.95. The fraction of sp³-hybridized carbons (Fsp3) is 0.400. The van der Waals surface area contributed by atoms with E-state index in [0.29, 0.717) is 0 Å². The molecule has 0 atom stereocenters. The molecule has 0 aliphatic carbocycles. The number of hydrogen-bond acceptors (Lipinski definition) is 5. The lowest BCUT2D eigenvalue weighted by Gasteiger charge is -2.02. The zero-order valence-electron chi connectivity index (χ0n) is 6.42. The molecule has 0 aromatic rings. The Balaban J connectivity index is 3.72. The highest BCUT2D eigenvalue weighted by molar-refractivity contribution is 6.29. The number of nitrogens with two attached hydrogens (primary N) is 1. The van der Waals surface area contributed by atoms with Crippen LogP contribution in [0.2, 0.25) is 0 Å². The largest absolute Gasteiger partial charge is 0.458 e. The molecule has 0 aromatic heterocycles. The Labute approximate surface area is 68.3 Å². The van der Waals surface area contributed by atoms with Crippen LogP contribution < -0.4 is 11.2 Å². The van der Waals surface area contributed by atoms with Crippen molar-refractivity contribution in [2.75, 3.05) is 6.61 Å². The zero-order valence-corrected chi connectivity index (χ0v) is 6.42. The van der Waals surface area contributed by atoms with E-state index in [4.69, 9.17) is 11.1 Å². The standard InChI is InChI=1S/C5H9N3O4/c1-2-11-3(9)4(10)12-8-5(6)7/h2H2,1H3,(H4,6,7,8). The molecule has 0 saturated carbocycles. The SMILES string of the molecule is CCOC(=O)C(=O)ONC(=N)N. The number of carbonyl (C=O) groups excluding carboxylic acids is 2. The molecule has 0 aliphatic rings. The van der Waals surface area contributed by atoms with E-state index in [-0.39, 0.29) is 6.61 Å². The van der Waals surface area contributed by atoms with Gasteiger partial charge in [-0.15, -0.1) is 0 Å². The van der Waals surface area contributed by atoms with Gasteiger partial charge in [-0.2, -0.15) is 5.48 Å². The fourth-order valence-electron chi connectivity index (χ4n) is 0.333. The molecule has 68 valence electrons. The second-order valence-electron chi connectivity index (χ2n) is 1.63. The Hall–Kier alpha value is -1.79. The molecule has 0 bridgehead atoms. The molecule has 0 saturated heterocycles. The lowest BCUT2D eigenvalue weighted by Crippen LogP contribution is -2.35. The van der Waals surface area contributed by atoms with E-state index in [0.717, 1.165) is 0 Å². The average Bonchev–Trinajstić information content (AvgIpc) is 2.00. The van der Waals surface area contributed by atoms with Crippen molar-refractivity contribution in [2.45, 2.75) is 6.92 Å². The van der Waals surface area contributed by atoms with Crippen molar-refractivity contribution in [1.29, 1.82) is 5.41 Å². The van der Waals surface area contributed by atoms with Crippen molar-refractivity contribution in [3.63, 3.8) is 0 Å². The van der Waals surface area contributed by atoms with Crippen LogP contribution in [0.4, 0.5) is 0 Å². The van der Waals surface area contributed by atoms with Crippen molar-refractivity contribution in [3.05, 3.63) is 0 Å². The van der Waals surface area contributed by atoms with E-state index in [9.17, 15) is 9.59 Å². The molecular formula is C5H9N3O4. The minimum atomic E-state index is -1.24. The van der Waals surface area contributed by atoms with Crippen LogP contribution in [-0.2, 0) is 19.2 Å². The highest BCUT2D eigenvalue weighted by atomic mass is 16.7. The Morgan fingerprint density at radius 2 is 2.08 bits per heavy atom. The van der Waals surface area contributed by atoms with E-state index < -0.39 is 17.9 Å². The molecule has 0 unspecified atom stereocenters. The third-order valence-electron chi connectivity index (χ3n) is 0.696. The summed E-state index contributed by atoms with van der Waals surface area (Å²) in [4.78, 5) is 25.0. The second kappa shape index (κ2) is 4.94. The molecule has 7 heteroatoms. The maximum Gasteiger partial charge on any atom is 0.441 e. The van der Waals surface area contributed by atoms with Gasteiger partial charge >= 0.3 is 11.9 Å². The number of carbonyl (C=O) groups is 2. The van der Waals surface area contributed by atoms with Crippen molar-refractivity contribution in [2.24, 2.45) is 5.73 Å². The molecule has 0 amide bonds. The fourth-order valence-corrected chi connectivity index (χ4v) is 0.333. The lowest BCUT2D eigenvalue weighted by atomic mass is 10.7. The molecule has 4 N–H and O–H groups in total. The topological polar surface area (TPSA) is 115 Å². The van der Waals surface area contributed by atoms with Gasteiger partial charge in [0.15, 0.2) is 0 Å². The van der Waals surface area contributed by atoms with E-state index in [1.165, 1.54) is 0 Å². The van der Waals surface area contributed by atoms with Crippen molar-refractivity contribution >= 4 is 17.9 Å². The van der Waals surface area contributed by atoms with Crippen LogP contribution in [0, 0.1) is 5.41 Å². The van der Waals surface area contributed by atoms with E-state index in [1.54, 1.807) is 12.4 Å². The molecule has 0 aliphatic heterocycles.